The number of rotatable bonds is 7. The monoisotopic (exact) mass is 426 g/mol. The smallest absolute Gasteiger partial charge is 0.344 e. The van der Waals surface area contributed by atoms with Crippen LogP contribution in [0.5, 0.6) is 5.75 Å². The van der Waals surface area contributed by atoms with E-state index in [0.717, 1.165) is 22.2 Å². The van der Waals surface area contributed by atoms with Gasteiger partial charge in [-0.2, -0.15) is 0 Å². The van der Waals surface area contributed by atoms with Gasteiger partial charge in [0.25, 0.3) is 5.91 Å². The van der Waals surface area contributed by atoms with Crippen molar-refractivity contribution in [3.63, 3.8) is 0 Å². The predicted molar refractivity (Wildman–Crippen MR) is 117 cm³/mol. The second-order valence-electron chi connectivity index (χ2n) is 6.70. The van der Waals surface area contributed by atoms with Crippen molar-refractivity contribution in [2.45, 2.75) is 20.4 Å². The maximum atomic E-state index is 12.4. The van der Waals surface area contributed by atoms with Crippen LogP contribution in [0.4, 0.5) is 0 Å². The molecule has 2 aromatic carbocycles. The minimum Gasteiger partial charge on any atom is -0.497 e. The maximum Gasteiger partial charge on any atom is 0.344 e. The molecule has 1 heterocycles. The minimum atomic E-state index is -0.853. The molecule has 3 rings (SSSR count). The fourth-order valence-corrected chi connectivity index (χ4v) is 3.86. The molecule has 2 N–H and O–H groups in total. The standard InChI is InChI=1S/C23H23ClN2O4/c1-4-30-23(28)20(22(25)27)14(2)19-17-7-5-6-8-18(17)26(21(19)24)13-15-9-11-16(29-3)12-10-15/h5-12H,4,13H2,1-3H3,(H2,25,27). The van der Waals surface area contributed by atoms with Crippen molar-refractivity contribution in [3.05, 3.63) is 70.4 Å². The first-order chi connectivity index (χ1) is 14.4. The molecule has 6 nitrogen and oxygen atoms in total. The molecule has 0 aliphatic rings. The zero-order valence-corrected chi connectivity index (χ0v) is 17.8. The molecule has 1 amide bonds. The van der Waals surface area contributed by atoms with Gasteiger partial charge < -0.3 is 19.8 Å². The molecule has 3 aromatic rings. The number of para-hydroxylation sites is 1. The number of allylic oxidation sites excluding steroid dienone is 1. The van der Waals surface area contributed by atoms with E-state index in [1.807, 2.05) is 53.1 Å². The van der Waals surface area contributed by atoms with Crippen LogP contribution in [0.3, 0.4) is 0 Å². The van der Waals surface area contributed by atoms with Gasteiger partial charge in [0.1, 0.15) is 16.5 Å². The summed E-state index contributed by atoms with van der Waals surface area (Å²) in [5.74, 6) is -0.846. The molecule has 156 valence electrons. The molecule has 0 aliphatic heterocycles. The highest BCUT2D eigenvalue weighted by Gasteiger charge is 2.25. The molecule has 0 bridgehead atoms. The normalized spacial score (nSPS) is 11.9. The number of ether oxygens (including phenoxy) is 2. The number of halogens is 1. The number of nitrogens with two attached hydrogens (primary N) is 1. The average molecular weight is 427 g/mol. The number of esters is 1. The number of amides is 1. The summed E-state index contributed by atoms with van der Waals surface area (Å²) in [5, 5.41) is 1.23. The van der Waals surface area contributed by atoms with Crippen molar-refractivity contribution in [1.29, 1.82) is 0 Å². The zero-order chi connectivity index (χ0) is 21.8. The van der Waals surface area contributed by atoms with E-state index in [1.165, 1.54) is 0 Å². The van der Waals surface area contributed by atoms with Gasteiger partial charge in [-0.1, -0.05) is 41.9 Å². The molecule has 0 saturated carbocycles. The lowest BCUT2D eigenvalue weighted by Crippen LogP contribution is -2.23. The van der Waals surface area contributed by atoms with Crippen molar-refractivity contribution in [3.8, 4) is 5.75 Å². The number of nitrogens with zero attached hydrogens (tertiary/aromatic N) is 1. The Morgan fingerprint density at radius 3 is 2.37 bits per heavy atom. The van der Waals surface area contributed by atoms with Crippen LogP contribution in [-0.2, 0) is 20.9 Å². The largest absolute Gasteiger partial charge is 0.497 e. The highest BCUT2D eigenvalue weighted by Crippen LogP contribution is 2.37. The summed E-state index contributed by atoms with van der Waals surface area (Å²) < 4.78 is 12.2. The van der Waals surface area contributed by atoms with Crippen LogP contribution in [0.2, 0.25) is 5.15 Å². The van der Waals surface area contributed by atoms with E-state index >= 15 is 0 Å². The quantitative estimate of drug-likeness (QED) is 0.266. The number of carbonyl (C=O) groups is 2. The van der Waals surface area contributed by atoms with Crippen LogP contribution < -0.4 is 10.5 Å². The number of fused-ring (bicyclic) bond motifs is 1. The summed E-state index contributed by atoms with van der Waals surface area (Å²) in [6, 6.07) is 15.3. The van der Waals surface area contributed by atoms with Gasteiger partial charge >= 0.3 is 5.97 Å². The SMILES string of the molecule is CCOC(=O)C(C(N)=O)=C(C)c1c(Cl)n(Cc2ccc(OC)cc2)c2ccccc12. The molecule has 0 aliphatic carbocycles. The van der Waals surface area contributed by atoms with Crippen molar-refractivity contribution < 1.29 is 19.1 Å². The molecule has 30 heavy (non-hydrogen) atoms. The van der Waals surface area contributed by atoms with E-state index in [-0.39, 0.29) is 12.2 Å². The van der Waals surface area contributed by atoms with E-state index in [1.54, 1.807) is 21.0 Å². The van der Waals surface area contributed by atoms with E-state index in [0.29, 0.717) is 22.8 Å². The van der Waals surface area contributed by atoms with E-state index in [2.05, 4.69) is 0 Å². The Bertz CT molecular complexity index is 1130. The summed E-state index contributed by atoms with van der Waals surface area (Å²) in [5.41, 5.74) is 8.16. The van der Waals surface area contributed by atoms with Crippen LogP contribution in [0.1, 0.15) is 25.0 Å². The van der Waals surface area contributed by atoms with Gasteiger partial charge in [-0.25, -0.2) is 4.79 Å². The Kier molecular flexibility index (Phi) is 6.47. The first kappa shape index (κ1) is 21.5. The maximum absolute atomic E-state index is 12.4. The summed E-state index contributed by atoms with van der Waals surface area (Å²) in [7, 11) is 1.62. The van der Waals surface area contributed by atoms with Crippen LogP contribution in [0, 0.1) is 0 Å². The zero-order valence-electron chi connectivity index (χ0n) is 17.1. The van der Waals surface area contributed by atoms with Crippen LogP contribution >= 0.6 is 11.6 Å². The third kappa shape index (κ3) is 4.04. The summed E-state index contributed by atoms with van der Waals surface area (Å²) in [6.45, 7) is 3.96. The van der Waals surface area contributed by atoms with Crippen molar-refractivity contribution >= 4 is 40.0 Å². The number of hydrogen-bond donors (Lipinski definition) is 1. The highest BCUT2D eigenvalue weighted by atomic mass is 35.5. The molecule has 0 unspecified atom stereocenters. The molecule has 1 aromatic heterocycles. The van der Waals surface area contributed by atoms with Gasteiger partial charge in [-0.3, -0.25) is 4.79 Å². The molecular formula is C23H23ClN2O4. The van der Waals surface area contributed by atoms with Gasteiger partial charge in [0.2, 0.25) is 0 Å². The Morgan fingerprint density at radius 2 is 1.77 bits per heavy atom. The lowest BCUT2D eigenvalue weighted by atomic mass is 10.0. The summed E-state index contributed by atoms with van der Waals surface area (Å²) >= 11 is 6.79. The summed E-state index contributed by atoms with van der Waals surface area (Å²) in [4.78, 5) is 24.4. The number of benzene rings is 2. The number of methoxy groups -OCH3 is 1. The van der Waals surface area contributed by atoms with Gasteiger partial charge in [0.05, 0.1) is 19.2 Å². The molecule has 0 atom stereocenters. The molecule has 0 fully saturated rings. The van der Waals surface area contributed by atoms with Crippen LogP contribution in [0.25, 0.3) is 16.5 Å². The van der Waals surface area contributed by atoms with Gasteiger partial charge in [0, 0.05) is 17.5 Å². The molecule has 0 saturated heterocycles. The Hall–Kier alpha value is -3.25. The molecule has 0 radical (unpaired) electrons. The lowest BCUT2D eigenvalue weighted by Gasteiger charge is -2.10. The van der Waals surface area contributed by atoms with Gasteiger partial charge in [0.15, 0.2) is 0 Å². The van der Waals surface area contributed by atoms with E-state index in [9.17, 15) is 9.59 Å². The van der Waals surface area contributed by atoms with Crippen molar-refractivity contribution in [2.75, 3.05) is 13.7 Å². The third-order valence-corrected chi connectivity index (χ3v) is 5.28. The molecule has 7 heteroatoms. The number of aromatic nitrogens is 1. The average Bonchev–Trinajstić information content (AvgIpc) is 3.00. The predicted octanol–water partition coefficient (Wildman–Crippen LogP) is 4.17. The van der Waals surface area contributed by atoms with Crippen LogP contribution in [0.15, 0.2) is 54.1 Å². The molecular weight excluding hydrogens is 404 g/mol. The van der Waals surface area contributed by atoms with Crippen LogP contribution in [-0.4, -0.2) is 30.2 Å². The van der Waals surface area contributed by atoms with Crippen molar-refractivity contribution in [1.82, 2.24) is 4.57 Å². The number of carbonyl (C=O) groups excluding carboxylic acids is 2. The third-order valence-electron chi connectivity index (χ3n) is 4.88. The Labute approximate surface area is 179 Å². The highest BCUT2D eigenvalue weighted by molar-refractivity contribution is 6.34. The summed E-state index contributed by atoms with van der Waals surface area (Å²) in [6.07, 6.45) is 0. The Balaban J connectivity index is 2.18. The topological polar surface area (TPSA) is 83.5 Å². The number of primary amides is 1. The first-order valence-corrected chi connectivity index (χ1v) is 9.84. The Morgan fingerprint density at radius 1 is 1.10 bits per heavy atom. The van der Waals surface area contributed by atoms with E-state index in [4.69, 9.17) is 26.8 Å². The second-order valence-corrected chi connectivity index (χ2v) is 7.06. The first-order valence-electron chi connectivity index (χ1n) is 9.46. The number of hydrogen-bond acceptors (Lipinski definition) is 4. The fraction of sp³-hybridized carbons (Fsp3) is 0.217. The lowest BCUT2D eigenvalue weighted by molar-refractivity contribution is -0.139. The van der Waals surface area contributed by atoms with Gasteiger partial charge in [-0.05, 0) is 43.2 Å². The van der Waals surface area contributed by atoms with E-state index < -0.39 is 11.9 Å². The van der Waals surface area contributed by atoms with Crippen molar-refractivity contribution in [2.24, 2.45) is 5.73 Å². The minimum absolute atomic E-state index is 0.135. The second kappa shape index (κ2) is 9.05. The van der Waals surface area contributed by atoms with Gasteiger partial charge in [-0.15, -0.1) is 0 Å². The molecule has 0 spiro atoms. The fourth-order valence-electron chi connectivity index (χ4n) is 3.46.